The predicted molar refractivity (Wildman–Crippen MR) is 171 cm³/mol. The van der Waals surface area contributed by atoms with E-state index < -0.39 is 0 Å². The summed E-state index contributed by atoms with van der Waals surface area (Å²) in [6.07, 6.45) is 1.03. The molecule has 0 spiro atoms. The maximum Gasteiger partial charge on any atom is 0.115 e. The van der Waals surface area contributed by atoms with Gasteiger partial charge >= 0.3 is 0 Å². The van der Waals surface area contributed by atoms with Crippen molar-refractivity contribution in [1.29, 1.82) is 0 Å². The fourth-order valence-electron chi connectivity index (χ4n) is 2.29. The van der Waals surface area contributed by atoms with Crippen molar-refractivity contribution < 1.29 is 20.4 Å². The average molecular weight is 529 g/mol. The smallest absolute Gasteiger partial charge is 0.115 e. The van der Waals surface area contributed by atoms with Crippen molar-refractivity contribution in [2.45, 2.75) is 68.7 Å². The number of aliphatic hydroxyl groups excluding tert-OH is 2. The minimum atomic E-state index is 0.322. The van der Waals surface area contributed by atoms with Gasteiger partial charge in [-0.25, -0.2) is 0 Å². The van der Waals surface area contributed by atoms with Gasteiger partial charge in [-0.1, -0.05) is 141 Å². The molecule has 216 valence electrons. The summed E-state index contributed by atoms with van der Waals surface area (Å²) in [5, 5.41) is 34.1. The molecule has 0 bridgehead atoms. The van der Waals surface area contributed by atoms with E-state index in [0.29, 0.717) is 11.5 Å². The number of aromatic hydroxyl groups is 2. The maximum absolute atomic E-state index is 8.85. The van der Waals surface area contributed by atoms with Crippen LogP contribution in [0.3, 0.4) is 0 Å². The summed E-state index contributed by atoms with van der Waals surface area (Å²) in [5.41, 5.74) is 1.26. The number of phenols is 2. The second-order valence-electron chi connectivity index (χ2n) is 5.70. The van der Waals surface area contributed by atoms with Gasteiger partial charge in [0.1, 0.15) is 11.5 Å². The summed E-state index contributed by atoms with van der Waals surface area (Å²) < 4.78 is 0. The Morgan fingerprint density at radius 1 is 0.395 bits per heavy atom. The van der Waals surface area contributed by atoms with E-state index in [1.165, 1.54) is 16.3 Å². The van der Waals surface area contributed by atoms with Gasteiger partial charge < -0.3 is 20.4 Å². The fraction of sp³-hybridized carbons (Fsp3) is 0.353. The molecule has 0 radical (unpaired) electrons. The molecule has 0 amide bonds. The molecule has 0 aromatic heterocycles. The third-order valence-electron chi connectivity index (χ3n) is 3.76. The molecular weight excluding hydrogens is 472 g/mol. The molecule has 4 N–H and O–H groups in total. The highest BCUT2D eigenvalue weighted by atomic mass is 16.3. The number of aryl methyl sites for hydroxylation is 1. The maximum atomic E-state index is 8.85. The first-order valence-corrected chi connectivity index (χ1v) is 13.5. The number of para-hydroxylation sites is 1. The first-order valence-electron chi connectivity index (χ1n) is 13.5. The lowest BCUT2D eigenvalue weighted by molar-refractivity contribution is 0.399. The van der Waals surface area contributed by atoms with Crippen LogP contribution in [0.5, 0.6) is 11.5 Å². The molecule has 0 saturated heterocycles. The van der Waals surface area contributed by atoms with Gasteiger partial charge in [0, 0.05) is 14.2 Å². The highest BCUT2D eigenvalue weighted by Gasteiger charge is 1.87. The zero-order chi connectivity index (χ0) is 30.6. The quantitative estimate of drug-likeness (QED) is 0.198. The molecule has 4 rings (SSSR count). The van der Waals surface area contributed by atoms with Crippen LogP contribution in [0.15, 0.2) is 103 Å². The third kappa shape index (κ3) is 27.3. The molecule has 38 heavy (non-hydrogen) atoms. The molecule has 0 unspecified atom stereocenters. The van der Waals surface area contributed by atoms with Crippen LogP contribution in [0, 0.1) is 0 Å². The summed E-state index contributed by atoms with van der Waals surface area (Å²) in [4.78, 5) is 0. The minimum absolute atomic E-state index is 0.322. The van der Waals surface area contributed by atoms with E-state index in [1.807, 2.05) is 73.6 Å². The minimum Gasteiger partial charge on any atom is -0.508 e. The van der Waals surface area contributed by atoms with Crippen molar-refractivity contribution in [2.75, 3.05) is 14.2 Å². The summed E-state index contributed by atoms with van der Waals surface area (Å²) in [7, 11) is 2.00. The van der Waals surface area contributed by atoms with E-state index >= 15 is 0 Å². The molecular formula is C34H56O4. The Morgan fingerprint density at radius 3 is 0.895 bits per heavy atom. The summed E-state index contributed by atoms with van der Waals surface area (Å²) in [6.45, 7) is 18.1. The normalized spacial score (nSPS) is 7.39. The lowest BCUT2D eigenvalue weighted by Gasteiger charge is -1.93. The second-order valence-corrected chi connectivity index (χ2v) is 5.70. The number of benzene rings is 4. The monoisotopic (exact) mass is 528 g/mol. The van der Waals surface area contributed by atoms with Crippen LogP contribution in [0.25, 0.3) is 10.8 Å². The van der Waals surface area contributed by atoms with Crippen LogP contribution in [0.4, 0.5) is 0 Å². The van der Waals surface area contributed by atoms with Crippen LogP contribution in [-0.4, -0.2) is 34.6 Å². The number of phenolic OH excluding ortho intramolecular Hbond substituents is 2. The predicted octanol–water partition coefficient (Wildman–Crippen LogP) is 9.51. The largest absolute Gasteiger partial charge is 0.508 e. The third-order valence-corrected chi connectivity index (χ3v) is 3.76. The van der Waals surface area contributed by atoms with Gasteiger partial charge in [0.05, 0.1) is 0 Å². The Morgan fingerprint density at radius 2 is 0.658 bits per heavy atom. The van der Waals surface area contributed by atoms with Gasteiger partial charge in [-0.3, -0.25) is 0 Å². The molecule has 0 saturated carbocycles. The van der Waals surface area contributed by atoms with E-state index in [2.05, 4.69) is 55.5 Å². The highest BCUT2D eigenvalue weighted by Crippen LogP contribution is 2.11. The lowest BCUT2D eigenvalue weighted by Crippen LogP contribution is -1.75. The lowest BCUT2D eigenvalue weighted by atomic mass is 10.1. The number of hydrogen-bond acceptors (Lipinski definition) is 4. The van der Waals surface area contributed by atoms with Gasteiger partial charge in [-0.15, -0.1) is 0 Å². The molecule has 0 atom stereocenters. The van der Waals surface area contributed by atoms with E-state index in [0.717, 1.165) is 20.6 Å². The van der Waals surface area contributed by atoms with Crippen molar-refractivity contribution in [2.24, 2.45) is 0 Å². The first-order chi connectivity index (χ1) is 18.7. The number of fused-ring (bicyclic) bond motifs is 1. The van der Waals surface area contributed by atoms with Gasteiger partial charge in [-0.2, -0.15) is 0 Å². The molecule has 0 aliphatic heterocycles. The molecule has 4 aromatic carbocycles. The Bertz CT molecular complexity index is 827. The topological polar surface area (TPSA) is 80.9 Å². The van der Waals surface area contributed by atoms with Crippen LogP contribution >= 0.6 is 0 Å². The SMILES string of the molecule is CC.CC.CC.CC.CCc1ccc(O)cc1.CO.CO.Oc1ccccc1.c1ccc2ccccc2c1. The number of rotatable bonds is 1. The summed E-state index contributed by atoms with van der Waals surface area (Å²) in [5.74, 6) is 0.662. The molecule has 0 aliphatic carbocycles. The summed E-state index contributed by atoms with van der Waals surface area (Å²) in [6, 6.07) is 32.7. The van der Waals surface area contributed by atoms with E-state index in [-0.39, 0.29) is 0 Å². The van der Waals surface area contributed by atoms with Crippen LogP contribution in [-0.2, 0) is 6.42 Å². The van der Waals surface area contributed by atoms with Gasteiger partial charge in [0.15, 0.2) is 0 Å². The van der Waals surface area contributed by atoms with Gasteiger partial charge in [0.2, 0.25) is 0 Å². The highest BCUT2D eigenvalue weighted by molar-refractivity contribution is 5.82. The zero-order valence-corrected chi connectivity index (χ0v) is 25.8. The molecule has 4 aromatic rings. The molecule has 0 heterocycles. The van der Waals surface area contributed by atoms with Crippen molar-refractivity contribution in [3.63, 3.8) is 0 Å². The molecule has 4 heteroatoms. The fourth-order valence-corrected chi connectivity index (χ4v) is 2.29. The van der Waals surface area contributed by atoms with Crippen LogP contribution in [0.2, 0.25) is 0 Å². The summed E-state index contributed by atoms with van der Waals surface area (Å²) >= 11 is 0. The standard InChI is InChI=1S/C10H8.C8H10O.C6H6O.4C2H6.2CH4O/c1-2-6-10-8-4-3-7-9(10)5-1;1-2-7-3-5-8(9)6-4-7;7-6-4-2-1-3-5-6;6*1-2/h1-8H;3-6,9H,2H2,1H3;1-5,7H;4*1-2H3;2*2H,1H3. The van der Waals surface area contributed by atoms with Gasteiger partial charge in [-0.05, 0) is 47.0 Å². The van der Waals surface area contributed by atoms with E-state index in [9.17, 15) is 0 Å². The number of hydrogen-bond donors (Lipinski definition) is 4. The van der Waals surface area contributed by atoms with Crippen molar-refractivity contribution in [1.82, 2.24) is 0 Å². The Hall–Kier alpha value is -3.34. The first kappa shape index (κ1) is 44.6. The van der Waals surface area contributed by atoms with Crippen LogP contribution < -0.4 is 0 Å². The van der Waals surface area contributed by atoms with Crippen molar-refractivity contribution >= 4 is 10.8 Å². The Kier molecular flexibility index (Phi) is 47.9. The molecule has 0 aliphatic rings. The average Bonchev–Trinajstić information content (AvgIpc) is 3.04. The van der Waals surface area contributed by atoms with E-state index in [1.54, 1.807) is 36.4 Å². The van der Waals surface area contributed by atoms with E-state index in [4.69, 9.17) is 20.4 Å². The van der Waals surface area contributed by atoms with Gasteiger partial charge in [0.25, 0.3) is 0 Å². The molecule has 4 nitrogen and oxygen atoms in total. The Labute approximate surface area is 234 Å². The van der Waals surface area contributed by atoms with Crippen molar-refractivity contribution in [3.8, 4) is 11.5 Å². The number of aliphatic hydroxyl groups is 2. The van der Waals surface area contributed by atoms with Crippen molar-refractivity contribution in [3.05, 3.63) is 109 Å². The van der Waals surface area contributed by atoms with Crippen LogP contribution in [0.1, 0.15) is 67.9 Å². The zero-order valence-electron chi connectivity index (χ0n) is 25.8. The molecule has 0 fully saturated rings. The second kappa shape index (κ2) is 40.8. The Balaban J connectivity index is -0.000000121.